The Balaban J connectivity index is 2.13. The molecule has 0 spiro atoms. The number of nitriles is 1. The maximum atomic E-state index is 9.44. The molecule has 0 unspecified atom stereocenters. The number of pyridine rings is 1. The predicted octanol–water partition coefficient (Wildman–Crippen LogP) is 3.42. The van der Waals surface area contributed by atoms with E-state index in [1.807, 2.05) is 37.3 Å². The van der Waals surface area contributed by atoms with Crippen molar-refractivity contribution in [2.24, 2.45) is 0 Å². The van der Waals surface area contributed by atoms with Crippen LogP contribution in [0.5, 0.6) is 0 Å². The summed E-state index contributed by atoms with van der Waals surface area (Å²) in [7, 11) is 0. The van der Waals surface area contributed by atoms with Crippen molar-refractivity contribution in [2.45, 2.75) is 6.92 Å². The molecule has 1 aromatic heterocycles. The van der Waals surface area contributed by atoms with Gasteiger partial charge in [0.05, 0.1) is 18.8 Å². The van der Waals surface area contributed by atoms with E-state index in [2.05, 4.69) is 16.0 Å². The minimum absolute atomic E-state index is 0.254. The molecular weight excluding hydrogens is 298 g/mol. The first kappa shape index (κ1) is 14.8. The lowest BCUT2D eigenvalue weighted by Gasteiger charge is -2.28. The fourth-order valence-corrected chi connectivity index (χ4v) is 2.88. The van der Waals surface area contributed by atoms with E-state index in [-0.39, 0.29) is 5.15 Å². The Bertz CT molecular complexity index is 733. The minimum Gasteiger partial charge on any atom is -0.378 e. The van der Waals surface area contributed by atoms with Gasteiger partial charge in [-0.15, -0.1) is 0 Å². The van der Waals surface area contributed by atoms with Gasteiger partial charge in [0.25, 0.3) is 0 Å². The molecule has 0 amide bonds. The number of ether oxygens (including phenoxy) is 1. The molecule has 1 saturated heterocycles. The largest absolute Gasteiger partial charge is 0.378 e. The Labute approximate surface area is 134 Å². The molecule has 0 N–H and O–H groups in total. The highest BCUT2D eigenvalue weighted by molar-refractivity contribution is 6.31. The van der Waals surface area contributed by atoms with Gasteiger partial charge in [-0.05, 0) is 24.1 Å². The molecule has 1 aromatic carbocycles. The molecule has 1 aliphatic heterocycles. The number of anilines is 1. The Hall–Kier alpha value is -2.09. The molecule has 3 rings (SSSR count). The topological polar surface area (TPSA) is 49.1 Å². The lowest BCUT2D eigenvalue weighted by Crippen LogP contribution is -2.36. The van der Waals surface area contributed by atoms with Crippen LogP contribution in [0.2, 0.25) is 5.15 Å². The number of aryl methyl sites for hydroxylation is 1. The van der Waals surface area contributed by atoms with Gasteiger partial charge in [0.15, 0.2) is 0 Å². The van der Waals surface area contributed by atoms with Gasteiger partial charge in [0.1, 0.15) is 17.0 Å². The monoisotopic (exact) mass is 313 g/mol. The normalized spacial score (nSPS) is 14.7. The van der Waals surface area contributed by atoms with Crippen LogP contribution in [-0.2, 0) is 4.74 Å². The van der Waals surface area contributed by atoms with Gasteiger partial charge in [-0.1, -0.05) is 35.9 Å². The van der Waals surface area contributed by atoms with Crippen LogP contribution in [0.25, 0.3) is 11.1 Å². The Morgan fingerprint density at radius 2 is 1.95 bits per heavy atom. The third kappa shape index (κ3) is 2.78. The van der Waals surface area contributed by atoms with Crippen molar-refractivity contribution < 1.29 is 4.74 Å². The average molecular weight is 314 g/mol. The Kier molecular flexibility index (Phi) is 4.28. The van der Waals surface area contributed by atoms with Crippen molar-refractivity contribution >= 4 is 17.4 Å². The summed E-state index contributed by atoms with van der Waals surface area (Å²) in [6.07, 6.45) is 0. The lowest BCUT2D eigenvalue weighted by atomic mass is 9.97. The van der Waals surface area contributed by atoms with E-state index in [9.17, 15) is 5.26 Å². The van der Waals surface area contributed by atoms with Crippen LogP contribution in [0.1, 0.15) is 11.1 Å². The van der Waals surface area contributed by atoms with Crippen LogP contribution in [0.15, 0.2) is 30.3 Å². The third-order valence-electron chi connectivity index (χ3n) is 3.84. The molecule has 0 atom stereocenters. The van der Waals surface area contributed by atoms with Crippen molar-refractivity contribution in [1.82, 2.24) is 4.98 Å². The first-order chi connectivity index (χ1) is 10.7. The highest BCUT2D eigenvalue weighted by Crippen LogP contribution is 2.33. The number of aromatic nitrogens is 1. The van der Waals surface area contributed by atoms with E-state index in [0.717, 1.165) is 35.6 Å². The summed E-state index contributed by atoms with van der Waals surface area (Å²) in [5, 5.41) is 9.70. The van der Waals surface area contributed by atoms with Crippen LogP contribution < -0.4 is 4.90 Å². The molecule has 1 aliphatic rings. The highest BCUT2D eigenvalue weighted by atomic mass is 35.5. The molecule has 22 heavy (non-hydrogen) atoms. The van der Waals surface area contributed by atoms with Crippen molar-refractivity contribution in [3.63, 3.8) is 0 Å². The smallest absolute Gasteiger partial charge is 0.149 e. The highest BCUT2D eigenvalue weighted by Gasteiger charge is 2.18. The van der Waals surface area contributed by atoms with Crippen molar-refractivity contribution in [1.29, 1.82) is 5.26 Å². The second kappa shape index (κ2) is 6.35. The molecule has 5 heteroatoms. The summed E-state index contributed by atoms with van der Waals surface area (Å²) in [5.41, 5.74) is 3.38. The summed E-state index contributed by atoms with van der Waals surface area (Å²) in [5.74, 6) is 0.797. The molecule has 1 fully saturated rings. The number of halogens is 1. The zero-order valence-electron chi connectivity index (χ0n) is 12.3. The maximum absolute atomic E-state index is 9.44. The fraction of sp³-hybridized carbons (Fsp3) is 0.294. The molecule has 2 aromatic rings. The first-order valence-corrected chi connectivity index (χ1v) is 7.58. The van der Waals surface area contributed by atoms with E-state index in [0.29, 0.717) is 18.8 Å². The fourth-order valence-electron chi connectivity index (χ4n) is 2.65. The number of hydrogen-bond donors (Lipinski definition) is 0. The summed E-state index contributed by atoms with van der Waals surface area (Å²) >= 11 is 6.26. The van der Waals surface area contributed by atoms with Crippen LogP contribution >= 0.6 is 11.6 Å². The molecule has 0 bridgehead atoms. The van der Waals surface area contributed by atoms with Crippen LogP contribution in [0.4, 0.5) is 5.82 Å². The van der Waals surface area contributed by atoms with Crippen LogP contribution in [0.3, 0.4) is 0 Å². The van der Waals surface area contributed by atoms with Gasteiger partial charge in [-0.2, -0.15) is 5.26 Å². The number of nitrogens with zero attached hydrogens (tertiary/aromatic N) is 3. The van der Waals surface area contributed by atoms with Gasteiger partial charge in [-0.3, -0.25) is 0 Å². The predicted molar refractivity (Wildman–Crippen MR) is 87.2 cm³/mol. The second-order valence-electron chi connectivity index (χ2n) is 5.22. The zero-order valence-corrected chi connectivity index (χ0v) is 13.1. The molecule has 0 aliphatic carbocycles. The maximum Gasteiger partial charge on any atom is 0.149 e. The van der Waals surface area contributed by atoms with E-state index in [1.54, 1.807) is 0 Å². The van der Waals surface area contributed by atoms with Crippen molar-refractivity contribution in [3.8, 4) is 17.2 Å². The van der Waals surface area contributed by atoms with Gasteiger partial charge >= 0.3 is 0 Å². The first-order valence-electron chi connectivity index (χ1n) is 7.20. The van der Waals surface area contributed by atoms with Crippen molar-refractivity contribution in [3.05, 3.63) is 46.6 Å². The van der Waals surface area contributed by atoms with Gasteiger partial charge in [0.2, 0.25) is 0 Å². The minimum atomic E-state index is 0.254. The van der Waals surface area contributed by atoms with Gasteiger partial charge in [0, 0.05) is 18.7 Å². The van der Waals surface area contributed by atoms with E-state index in [4.69, 9.17) is 16.3 Å². The quantitative estimate of drug-likeness (QED) is 0.797. The summed E-state index contributed by atoms with van der Waals surface area (Å²) in [6, 6.07) is 12.1. The standard InChI is InChI=1S/C17H16ClN3O/c1-12-4-2-3-5-13(12)14-10-16(20-17(18)15(14)11-19)21-6-8-22-9-7-21/h2-5,10H,6-9H2,1H3. The zero-order chi connectivity index (χ0) is 15.5. The summed E-state index contributed by atoms with van der Waals surface area (Å²) in [4.78, 5) is 6.53. The van der Waals surface area contributed by atoms with E-state index >= 15 is 0 Å². The SMILES string of the molecule is Cc1ccccc1-c1cc(N2CCOCC2)nc(Cl)c1C#N. The molecule has 4 nitrogen and oxygen atoms in total. The lowest BCUT2D eigenvalue weighted by molar-refractivity contribution is 0.122. The summed E-state index contributed by atoms with van der Waals surface area (Å²) < 4.78 is 5.38. The number of morpholine rings is 1. The second-order valence-corrected chi connectivity index (χ2v) is 5.58. The van der Waals surface area contributed by atoms with E-state index < -0.39 is 0 Å². The van der Waals surface area contributed by atoms with Gasteiger partial charge < -0.3 is 9.64 Å². The average Bonchev–Trinajstić information content (AvgIpc) is 2.55. The molecule has 112 valence electrons. The number of hydrogen-bond acceptors (Lipinski definition) is 4. The molecular formula is C17H16ClN3O. The number of rotatable bonds is 2. The Morgan fingerprint density at radius 1 is 1.23 bits per heavy atom. The molecule has 2 heterocycles. The van der Waals surface area contributed by atoms with Gasteiger partial charge in [-0.25, -0.2) is 4.98 Å². The Morgan fingerprint density at radius 3 is 2.64 bits per heavy atom. The van der Waals surface area contributed by atoms with Crippen LogP contribution in [0, 0.1) is 18.3 Å². The molecule has 0 radical (unpaired) electrons. The molecule has 0 saturated carbocycles. The van der Waals surface area contributed by atoms with E-state index in [1.165, 1.54) is 0 Å². The van der Waals surface area contributed by atoms with Crippen LogP contribution in [-0.4, -0.2) is 31.3 Å². The number of benzene rings is 1. The third-order valence-corrected chi connectivity index (χ3v) is 4.12. The summed E-state index contributed by atoms with van der Waals surface area (Å²) in [6.45, 7) is 4.95. The van der Waals surface area contributed by atoms with Crippen molar-refractivity contribution in [2.75, 3.05) is 31.2 Å².